The van der Waals surface area contributed by atoms with Crippen molar-refractivity contribution in [1.29, 1.82) is 0 Å². The number of aliphatic hydroxyl groups is 1. The molecule has 0 radical (unpaired) electrons. The van der Waals surface area contributed by atoms with Crippen molar-refractivity contribution in [3.63, 3.8) is 0 Å². The zero-order valence-corrected chi connectivity index (χ0v) is 9.50. The van der Waals surface area contributed by atoms with Gasteiger partial charge in [-0.1, -0.05) is 12.1 Å². The highest BCUT2D eigenvalue weighted by Crippen LogP contribution is 2.27. The zero-order chi connectivity index (χ0) is 12.3. The molecule has 17 heavy (non-hydrogen) atoms. The summed E-state index contributed by atoms with van der Waals surface area (Å²) in [7, 11) is 0. The van der Waals surface area contributed by atoms with E-state index in [9.17, 15) is 15.2 Å². The summed E-state index contributed by atoms with van der Waals surface area (Å²) in [5.74, 6) is 0. The van der Waals surface area contributed by atoms with E-state index in [1.54, 1.807) is 18.2 Å². The summed E-state index contributed by atoms with van der Waals surface area (Å²) in [5.41, 5.74) is 0.629. The highest BCUT2D eigenvalue weighted by atomic mass is 16.6. The van der Waals surface area contributed by atoms with Crippen LogP contribution in [0.25, 0.3) is 0 Å². The maximum atomic E-state index is 10.8. The molecule has 5 nitrogen and oxygen atoms in total. The van der Waals surface area contributed by atoms with Crippen LogP contribution >= 0.6 is 0 Å². The molecule has 0 unspecified atom stereocenters. The van der Waals surface area contributed by atoms with Gasteiger partial charge in [-0.2, -0.15) is 0 Å². The molecule has 1 saturated carbocycles. The Morgan fingerprint density at radius 2 is 2.12 bits per heavy atom. The van der Waals surface area contributed by atoms with Crippen molar-refractivity contribution in [2.75, 3.05) is 5.32 Å². The van der Waals surface area contributed by atoms with Crippen LogP contribution in [-0.2, 0) is 0 Å². The summed E-state index contributed by atoms with van der Waals surface area (Å²) in [6.45, 7) is 0. The Labute approximate surface area is 99.6 Å². The molecular formula is C12H16N2O3. The van der Waals surface area contributed by atoms with Crippen LogP contribution in [0.3, 0.4) is 0 Å². The summed E-state index contributed by atoms with van der Waals surface area (Å²) in [6.07, 6.45) is 3.10. The van der Waals surface area contributed by atoms with E-state index in [0.717, 1.165) is 19.3 Å². The van der Waals surface area contributed by atoms with Crippen LogP contribution in [0.2, 0.25) is 0 Å². The average molecular weight is 236 g/mol. The second-order valence-corrected chi connectivity index (χ2v) is 4.44. The van der Waals surface area contributed by atoms with Crippen LogP contribution in [0, 0.1) is 10.1 Å². The van der Waals surface area contributed by atoms with E-state index in [0.29, 0.717) is 12.1 Å². The number of nitrogens with zero attached hydrogens (tertiary/aromatic N) is 1. The molecule has 0 heterocycles. The lowest BCUT2D eigenvalue weighted by Gasteiger charge is -2.27. The third kappa shape index (κ3) is 2.94. The van der Waals surface area contributed by atoms with Crippen LogP contribution < -0.4 is 5.32 Å². The Bertz CT molecular complexity index is 408. The molecular weight excluding hydrogens is 220 g/mol. The fourth-order valence-electron chi connectivity index (χ4n) is 2.27. The molecule has 1 aliphatic carbocycles. The fourth-order valence-corrected chi connectivity index (χ4v) is 2.27. The molecule has 5 heteroatoms. The fraction of sp³-hybridized carbons (Fsp3) is 0.500. The lowest BCUT2D eigenvalue weighted by atomic mass is 9.93. The molecule has 0 spiro atoms. The van der Waals surface area contributed by atoms with Crippen molar-refractivity contribution >= 4 is 11.4 Å². The van der Waals surface area contributed by atoms with Crippen molar-refractivity contribution in [1.82, 2.24) is 0 Å². The van der Waals surface area contributed by atoms with Gasteiger partial charge in [0.25, 0.3) is 5.69 Å². The van der Waals surface area contributed by atoms with Gasteiger partial charge >= 0.3 is 0 Å². The maximum Gasteiger partial charge on any atom is 0.292 e. The van der Waals surface area contributed by atoms with Crippen molar-refractivity contribution in [3.8, 4) is 0 Å². The molecule has 2 rings (SSSR count). The van der Waals surface area contributed by atoms with Crippen molar-refractivity contribution < 1.29 is 10.0 Å². The van der Waals surface area contributed by atoms with Crippen LogP contribution in [-0.4, -0.2) is 22.2 Å². The molecule has 0 bridgehead atoms. The number of nitro groups is 1. The number of benzene rings is 1. The van der Waals surface area contributed by atoms with Gasteiger partial charge in [-0.3, -0.25) is 10.1 Å². The van der Waals surface area contributed by atoms with E-state index in [4.69, 9.17) is 0 Å². The first-order valence-electron chi connectivity index (χ1n) is 5.85. The number of nitrogens with one attached hydrogen (secondary N) is 1. The van der Waals surface area contributed by atoms with E-state index in [1.807, 2.05) is 0 Å². The monoisotopic (exact) mass is 236 g/mol. The lowest BCUT2D eigenvalue weighted by molar-refractivity contribution is -0.384. The molecule has 1 aromatic carbocycles. The largest absolute Gasteiger partial charge is 0.393 e. The minimum atomic E-state index is -0.387. The van der Waals surface area contributed by atoms with E-state index >= 15 is 0 Å². The minimum absolute atomic E-state index is 0.0903. The average Bonchev–Trinajstić information content (AvgIpc) is 2.29. The summed E-state index contributed by atoms with van der Waals surface area (Å²) in [6, 6.07) is 6.74. The standard InChI is InChI=1S/C12H16N2O3/c15-10-5-3-4-9(8-10)13-11-6-1-2-7-12(11)14(16)17/h1-2,6-7,9-10,13,15H,3-5,8H2/t9-,10-/m0/s1. The van der Waals surface area contributed by atoms with Gasteiger partial charge in [-0.25, -0.2) is 0 Å². The predicted molar refractivity (Wildman–Crippen MR) is 65.0 cm³/mol. The van der Waals surface area contributed by atoms with Crippen molar-refractivity contribution in [2.45, 2.75) is 37.8 Å². The number of hydrogen-bond donors (Lipinski definition) is 2. The molecule has 2 N–H and O–H groups in total. The summed E-state index contributed by atoms with van der Waals surface area (Å²) in [5, 5.41) is 23.6. The second-order valence-electron chi connectivity index (χ2n) is 4.44. The van der Waals surface area contributed by atoms with Crippen molar-refractivity contribution in [3.05, 3.63) is 34.4 Å². The van der Waals surface area contributed by atoms with Crippen LogP contribution in [0.4, 0.5) is 11.4 Å². The van der Waals surface area contributed by atoms with E-state index in [-0.39, 0.29) is 22.8 Å². The number of para-hydroxylation sites is 2. The Kier molecular flexibility index (Phi) is 3.58. The summed E-state index contributed by atoms with van der Waals surface area (Å²) < 4.78 is 0. The van der Waals surface area contributed by atoms with E-state index < -0.39 is 0 Å². The first kappa shape index (κ1) is 11.9. The normalized spacial score (nSPS) is 24.3. The van der Waals surface area contributed by atoms with Gasteiger partial charge < -0.3 is 10.4 Å². The SMILES string of the molecule is O=[N+]([O-])c1ccccc1N[C@H]1CCC[C@H](O)C1. The van der Waals surface area contributed by atoms with Gasteiger partial charge in [0.15, 0.2) is 0 Å². The Morgan fingerprint density at radius 1 is 1.35 bits per heavy atom. The Hall–Kier alpha value is -1.62. The topological polar surface area (TPSA) is 75.4 Å². The number of nitro benzene ring substituents is 1. The van der Waals surface area contributed by atoms with Gasteiger partial charge in [0.2, 0.25) is 0 Å². The number of hydrogen-bond acceptors (Lipinski definition) is 4. The molecule has 0 aliphatic heterocycles. The molecule has 0 aromatic heterocycles. The van der Waals surface area contributed by atoms with Crippen LogP contribution in [0.15, 0.2) is 24.3 Å². The number of aliphatic hydroxyl groups excluding tert-OH is 1. The van der Waals surface area contributed by atoms with E-state index in [2.05, 4.69) is 5.32 Å². The van der Waals surface area contributed by atoms with Gasteiger partial charge in [0.1, 0.15) is 5.69 Å². The molecule has 2 atom stereocenters. The first-order valence-corrected chi connectivity index (χ1v) is 5.85. The highest BCUT2D eigenvalue weighted by molar-refractivity contribution is 5.61. The van der Waals surface area contributed by atoms with Gasteiger partial charge in [-0.15, -0.1) is 0 Å². The number of rotatable bonds is 3. The maximum absolute atomic E-state index is 10.8. The van der Waals surface area contributed by atoms with E-state index in [1.165, 1.54) is 6.07 Å². The minimum Gasteiger partial charge on any atom is -0.393 e. The molecule has 1 aromatic rings. The molecule has 92 valence electrons. The van der Waals surface area contributed by atoms with Crippen molar-refractivity contribution in [2.24, 2.45) is 0 Å². The third-order valence-corrected chi connectivity index (χ3v) is 3.11. The molecule has 0 amide bonds. The van der Waals surface area contributed by atoms with Gasteiger partial charge in [-0.05, 0) is 31.7 Å². The smallest absolute Gasteiger partial charge is 0.292 e. The first-order chi connectivity index (χ1) is 8.16. The molecule has 1 fully saturated rings. The third-order valence-electron chi connectivity index (χ3n) is 3.11. The van der Waals surface area contributed by atoms with Gasteiger partial charge in [0, 0.05) is 12.1 Å². The second kappa shape index (κ2) is 5.14. The van der Waals surface area contributed by atoms with Crippen LogP contribution in [0.1, 0.15) is 25.7 Å². The number of anilines is 1. The Morgan fingerprint density at radius 3 is 2.82 bits per heavy atom. The quantitative estimate of drug-likeness (QED) is 0.623. The molecule has 0 saturated heterocycles. The van der Waals surface area contributed by atoms with Gasteiger partial charge in [0.05, 0.1) is 11.0 Å². The summed E-state index contributed by atoms with van der Waals surface area (Å²) >= 11 is 0. The lowest BCUT2D eigenvalue weighted by Crippen LogP contribution is -2.30. The molecule has 1 aliphatic rings. The zero-order valence-electron chi connectivity index (χ0n) is 9.50. The predicted octanol–water partition coefficient (Wildman–Crippen LogP) is 2.31. The highest BCUT2D eigenvalue weighted by Gasteiger charge is 2.22. The Balaban J connectivity index is 2.10. The summed E-state index contributed by atoms with van der Waals surface area (Å²) in [4.78, 5) is 10.5. The van der Waals surface area contributed by atoms with Crippen LogP contribution in [0.5, 0.6) is 0 Å².